The van der Waals surface area contributed by atoms with Crippen molar-refractivity contribution in [2.45, 2.75) is 16.2 Å². The normalized spacial score (nSPS) is 16.8. The second-order valence-electron chi connectivity index (χ2n) is 6.29. The van der Waals surface area contributed by atoms with Gasteiger partial charge in [-0.3, -0.25) is 4.79 Å². The number of carbonyl (C=O) groups is 1. The Morgan fingerprint density at radius 1 is 1.21 bits per heavy atom. The van der Waals surface area contributed by atoms with E-state index >= 15 is 0 Å². The minimum absolute atomic E-state index is 0.179. The Bertz CT molecular complexity index is 997. The van der Waals surface area contributed by atoms with Crippen LogP contribution in [0, 0.1) is 11.3 Å². The first kappa shape index (κ1) is 18.8. The van der Waals surface area contributed by atoms with Crippen molar-refractivity contribution in [2.24, 2.45) is 0 Å². The number of Topliss-reactive ketones (excluding diaryl/α,β-unsaturated/α-hetero) is 1. The van der Waals surface area contributed by atoms with Crippen molar-refractivity contribution in [1.29, 1.82) is 5.26 Å². The van der Waals surface area contributed by atoms with E-state index in [4.69, 9.17) is 9.47 Å². The van der Waals surface area contributed by atoms with Crippen LogP contribution >= 0.6 is 23.5 Å². The van der Waals surface area contributed by atoms with E-state index < -0.39 is 0 Å². The monoisotopic (exact) mass is 410 g/mol. The van der Waals surface area contributed by atoms with E-state index in [1.807, 2.05) is 54.4 Å². The van der Waals surface area contributed by atoms with Gasteiger partial charge in [0.05, 0.1) is 24.7 Å². The maximum absolute atomic E-state index is 12.8. The molecule has 0 fully saturated rings. The van der Waals surface area contributed by atoms with E-state index in [9.17, 15) is 10.1 Å². The fourth-order valence-electron chi connectivity index (χ4n) is 3.01. The van der Waals surface area contributed by atoms with E-state index in [2.05, 4.69) is 6.07 Å². The number of anilines is 1. The molecular formula is C21H18N2O3S2. The van der Waals surface area contributed by atoms with Crippen LogP contribution in [0.1, 0.15) is 6.42 Å². The summed E-state index contributed by atoms with van der Waals surface area (Å²) in [6.07, 6.45) is 0.850. The van der Waals surface area contributed by atoms with E-state index in [-0.39, 0.29) is 17.1 Å². The van der Waals surface area contributed by atoms with Gasteiger partial charge in [-0.05, 0) is 30.3 Å². The summed E-state index contributed by atoms with van der Waals surface area (Å²) in [4.78, 5) is 16.7. The number of fused-ring (bicyclic) bond motifs is 2. The van der Waals surface area contributed by atoms with Crippen LogP contribution in [-0.2, 0) is 4.79 Å². The summed E-state index contributed by atoms with van der Waals surface area (Å²) in [5.41, 5.74) is 1.21. The van der Waals surface area contributed by atoms with E-state index in [1.54, 1.807) is 0 Å². The molecule has 0 spiro atoms. The van der Waals surface area contributed by atoms with Crippen LogP contribution in [0.15, 0.2) is 62.9 Å². The topological polar surface area (TPSA) is 62.6 Å². The van der Waals surface area contributed by atoms with Gasteiger partial charge in [0.25, 0.3) is 0 Å². The maximum Gasteiger partial charge on any atom is 0.186 e. The first-order valence-corrected chi connectivity index (χ1v) is 10.7. The quantitative estimate of drug-likeness (QED) is 0.418. The van der Waals surface area contributed by atoms with E-state index in [0.717, 1.165) is 27.6 Å². The van der Waals surface area contributed by atoms with Crippen LogP contribution in [0.3, 0.4) is 0 Å². The standard InChI is InChI=1S/C21H18N2O3S2/c1-23-16-5-2-3-6-20(16)28-21(23)15(12-22)17(24)13-27-14-7-8-18-19(11-14)26-10-4-9-25-18/h2-3,5-8,11H,4,9-10,13H2,1H3/b21-15-. The molecule has 0 aromatic heterocycles. The Morgan fingerprint density at radius 2 is 2.00 bits per heavy atom. The molecule has 5 nitrogen and oxygen atoms in total. The molecule has 2 heterocycles. The predicted molar refractivity (Wildman–Crippen MR) is 111 cm³/mol. The zero-order chi connectivity index (χ0) is 19.5. The summed E-state index contributed by atoms with van der Waals surface area (Å²) < 4.78 is 11.3. The number of rotatable bonds is 4. The number of benzene rings is 2. The lowest BCUT2D eigenvalue weighted by atomic mass is 10.2. The number of nitrogens with zero attached hydrogens (tertiary/aromatic N) is 2. The molecule has 0 unspecified atom stereocenters. The van der Waals surface area contributed by atoms with Crippen LogP contribution in [-0.4, -0.2) is 31.8 Å². The number of hydrogen-bond donors (Lipinski definition) is 0. The summed E-state index contributed by atoms with van der Waals surface area (Å²) in [5, 5.41) is 10.3. The molecule has 0 radical (unpaired) electrons. The number of carbonyl (C=O) groups excluding carboxylic acids is 1. The van der Waals surface area contributed by atoms with Gasteiger partial charge in [0.1, 0.15) is 16.7 Å². The fraction of sp³-hybridized carbons (Fsp3) is 0.238. The summed E-state index contributed by atoms with van der Waals surface area (Å²) >= 11 is 2.86. The van der Waals surface area contributed by atoms with Gasteiger partial charge >= 0.3 is 0 Å². The van der Waals surface area contributed by atoms with Crippen LogP contribution in [0.2, 0.25) is 0 Å². The van der Waals surface area contributed by atoms with Gasteiger partial charge in [0.15, 0.2) is 17.3 Å². The van der Waals surface area contributed by atoms with Gasteiger partial charge in [-0.15, -0.1) is 11.8 Å². The van der Waals surface area contributed by atoms with Crippen molar-refractivity contribution in [2.75, 3.05) is 30.9 Å². The Hall–Kier alpha value is -2.56. The molecule has 0 aliphatic carbocycles. The third-order valence-corrected chi connectivity index (χ3v) is 6.66. The molecular weight excluding hydrogens is 392 g/mol. The molecule has 2 aliphatic heterocycles. The highest BCUT2D eigenvalue weighted by atomic mass is 32.2. The molecule has 142 valence electrons. The number of ether oxygens (including phenoxy) is 2. The zero-order valence-electron chi connectivity index (χ0n) is 15.3. The summed E-state index contributed by atoms with van der Waals surface area (Å²) in [6, 6.07) is 15.7. The lowest BCUT2D eigenvalue weighted by molar-refractivity contribution is -0.112. The molecule has 2 aliphatic rings. The van der Waals surface area contributed by atoms with Gasteiger partial charge < -0.3 is 14.4 Å². The second kappa shape index (κ2) is 8.21. The fourth-order valence-corrected chi connectivity index (χ4v) is 4.96. The van der Waals surface area contributed by atoms with Crippen molar-refractivity contribution in [3.63, 3.8) is 0 Å². The van der Waals surface area contributed by atoms with Gasteiger partial charge in [-0.2, -0.15) is 5.26 Å². The lowest BCUT2D eigenvalue weighted by Gasteiger charge is -2.14. The molecule has 0 amide bonds. The average molecular weight is 411 g/mol. The summed E-state index contributed by atoms with van der Waals surface area (Å²) in [6.45, 7) is 1.26. The molecule has 2 aromatic rings. The van der Waals surface area contributed by atoms with Crippen molar-refractivity contribution in [1.82, 2.24) is 0 Å². The number of ketones is 1. The molecule has 0 N–H and O–H groups in total. The number of thioether (sulfide) groups is 2. The summed E-state index contributed by atoms with van der Waals surface area (Å²) in [5.74, 6) is 1.45. The first-order chi connectivity index (χ1) is 13.7. The van der Waals surface area contributed by atoms with Gasteiger partial charge in [0, 0.05) is 23.3 Å². The molecule has 7 heteroatoms. The molecule has 0 bridgehead atoms. The molecule has 0 atom stereocenters. The maximum atomic E-state index is 12.8. The van der Waals surface area contributed by atoms with Gasteiger partial charge in [-0.1, -0.05) is 23.9 Å². The average Bonchev–Trinajstić information content (AvgIpc) is 2.89. The highest BCUT2D eigenvalue weighted by molar-refractivity contribution is 8.03. The van der Waals surface area contributed by atoms with Crippen molar-refractivity contribution < 1.29 is 14.3 Å². The van der Waals surface area contributed by atoms with Crippen molar-refractivity contribution in [3.8, 4) is 17.6 Å². The lowest BCUT2D eigenvalue weighted by Crippen LogP contribution is -2.16. The number of nitriles is 1. The van der Waals surface area contributed by atoms with Gasteiger partial charge in [0.2, 0.25) is 0 Å². The molecule has 0 saturated heterocycles. The largest absolute Gasteiger partial charge is 0.490 e. The summed E-state index contributed by atoms with van der Waals surface area (Å²) in [7, 11) is 1.88. The highest BCUT2D eigenvalue weighted by Crippen LogP contribution is 2.46. The Labute approximate surface area is 172 Å². The van der Waals surface area contributed by atoms with Crippen molar-refractivity contribution >= 4 is 35.0 Å². The van der Waals surface area contributed by atoms with E-state index in [1.165, 1.54) is 23.5 Å². The second-order valence-corrected chi connectivity index (χ2v) is 8.37. The van der Waals surface area contributed by atoms with Crippen LogP contribution in [0.4, 0.5) is 5.69 Å². The minimum Gasteiger partial charge on any atom is -0.490 e. The SMILES string of the molecule is CN1/C(=C(\C#N)C(=O)CSc2ccc3c(c2)OCCCO3)Sc2ccccc21. The predicted octanol–water partition coefficient (Wildman–Crippen LogP) is 4.49. The van der Waals surface area contributed by atoms with Crippen LogP contribution in [0.25, 0.3) is 0 Å². The molecule has 2 aromatic carbocycles. The number of hydrogen-bond acceptors (Lipinski definition) is 7. The Balaban J connectivity index is 1.49. The van der Waals surface area contributed by atoms with Crippen molar-refractivity contribution in [3.05, 3.63) is 53.1 Å². The molecule has 4 rings (SSSR count). The first-order valence-electron chi connectivity index (χ1n) is 8.88. The van der Waals surface area contributed by atoms with E-state index in [0.29, 0.717) is 24.0 Å². The molecule has 28 heavy (non-hydrogen) atoms. The third-order valence-electron chi connectivity index (χ3n) is 4.43. The smallest absolute Gasteiger partial charge is 0.186 e. The minimum atomic E-state index is -0.179. The van der Waals surface area contributed by atoms with Crippen LogP contribution in [0.5, 0.6) is 11.5 Å². The zero-order valence-corrected chi connectivity index (χ0v) is 16.9. The number of para-hydroxylation sites is 1. The highest BCUT2D eigenvalue weighted by Gasteiger charge is 2.27. The Morgan fingerprint density at radius 3 is 2.79 bits per heavy atom. The molecule has 0 saturated carbocycles. The number of allylic oxidation sites excluding steroid dienone is 1. The van der Waals surface area contributed by atoms with Gasteiger partial charge in [-0.25, -0.2) is 0 Å². The van der Waals surface area contributed by atoms with Crippen LogP contribution < -0.4 is 14.4 Å². The third kappa shape index (κ3) is 3.71. The Kier molecular flexibility index (Phi) is 5.51.